The highest BCUT2D eigenvalue weighted by Crippen LogP contribution is 2.19. The summed E-state index contributed by atoms with van der Waals surface area (Å²) < 4.78 is 5.61. The van der Waals surface area contributed by atoms with Crippen molar-refractivity contribution in [2.75, 3.05) is 26.7 Å². The van der Waals surface area contributed by atoms with Gasteiger partial charge >= 0.3 is 0 Å². The Morgan fingerprint density at radius 1 is 1.23 bits per heavy atom. The molecule has 0 spiro atoms. The maximum atomic E-state index is 12.6. The predicted molar refractivity (Wildman–Crippen MR) is 135 cm³/mol. The number of benzene rings is 1. The normalized spacial score (nSPS) is 15.0. The summed E-state index contributed by atoms with van der Waals surface area (Å²) in [5.74, 6) is 2.24. The van der Waals surface area contributed by atoms with E-state index in [1.807, 2.05) is 17.9 Å². The number of ether oxygens (including phenoxy) is 1. The van der Waals surface area contributed by atoms with Crippen molar-refractivity contribution in [3.05, 3.63) is 29.3 Å². The van der Waals surface area contributed by atoms with Gasteiger partial charge in [0, 0.05) is 38.6 Å². The van der Waals surface area contributed by atoms with Crippen LogP contribution in [0.3, 0.4) is 0 Å². The van der Waals surface area contributed by atoms with Crippen molar-refractivity contribution in [2.45, 2.75) is 66.0 Å². The molecule has 0 unspecified atom stereocenters. The summed E-state index contributed by atoms with van der Waals surface area (Å²) in [6, 6.07) is 6.60. The molecule has 6 nitrogen and oxygen atoms in total. The Labute approximate surface area is 199 Å². The van der Waals surface area contributed by atoms with Crippen molar-refractivity contribution in [2.24, 2.45) is 10.9 Å². The Morgan fingerprint density at radius 3 is 2.43 bits per heavy atom. The van der Waals surface area contributed by atoms with E-state index in [9.17, 15) is 4.79 Å². The number of rotatable bonds is 8. The van der Waals surface area contributed by atoms with Gasteiger partial charge in [-0.15, -0.1) is 24.0 Å². The van der Waals surface area contributed by atoms with Crippen molar-refractivity contribution >= 4 is 35.8 Å². The second-order valence-corrected chi connectivity index (χ2v) is 7.72. The Kier molecular flexibility index (Phi) is 12.1. The average molecular weight is 530 g/mol. The number of aliphatic imine (C=N–C) groups is 1. The van der Waals surface area contributed by atoms with Crippen LogP contribution in [-0.4, -0.2) is 49.6 Å². The molecule has 0 radical (unpaired) electrons. The Bertz CT molecular complexity index is 684. The topological polar surface area (TPSA) is 66.0 Å². The molecular weight excluding hydrogens is 491 g/mol. The molecule has 7 heteroatoms. The number of carbonyl (C=O) groups is 1. The molecule has 2 N–H and O–H groups in total. The zero-order valence-corrected chi connectivity index (χ0v) is 21.5. The fourth-order valence-corrected chi connectivity index (χ4v) is 3.85. The predicted octanol–water partition coefficient (Wildman–Crippen LogP) is 4.10. The first-order chi connectivity index (χ1) is 14.0. The van der Waals surface area contributed by atoms with Gasteiger partial charge in [0.05, 0.1) is 6.61 Å². The summed E-state index contributed by atoms with van der Waals surface area (Å²) in [5.41, 5.74) is 2.34. The Balaban J connectivity index is 0.00000450. The van der Waals surface area contributed by atoms with E-state index in [2.05, 4.69) is 48.5 Å². The van der Waals surface area contributed by atoms with Crippen molar-refractivity contribution in [3.63, 3.8) is 0 Å². The molecule has 1 aromatic carbocycles. The number of hydrogen-bond acceptors (Lipinski definition) is 3. The molecule has 1 aromatic rings. The minimum absolute atomic E-state index is 0. The molecule has 1 amide bonds. The summed E-state index contributed by atoms with van der Waals surface area (Å²) in [4.78, 5) is 19.0. The van der Waals surface area contributed by atoms with Crippen molar-refractivity contribution in [3.8, 4) is 5.75 Å². The van der Waals surface area contributed by atoms with E-state index in [1.165, 1.54) is 5.56 Å². The van der Waals surface area contributed by atoms with Crippen molar-refractivity contribution in [1.29, 1.82) is 0 Å². The highest BCUT2D eigenvalue weighted by atomic mass is 127. The van der Waals surface area contributed by atoms with Gasteiger partial charge in [0.2, 0.25) is 5.91 Å². The largest absolute Gasteiger partial charge is 0.494 e. The third-order valence-electron chi connectivity index (χ3n) is 5.71. The van der Waals surface area contributed by atoms with Crippen LogP contribution in [0.25, 0.3) is 0 Å². The number of nitrogens with zero attached hydrogens (tertiary/aromatic N) is 2. The summed E-state index contributed by atoms with van der Waals surface area (Å²) in [6.45, 7) is 11.3. The SMILES string of the molecule is CCOc1ccc(CNC(=NC)NC2CCN(C(=O)C(CC)CC)CC2)cc1C.I. The molecule has 2 rings (SSSR count). The zero-order chi connectivity index (χ0) is 21.2. The van der Waals surface area contributed by atoms with Gasteiger partial charge in [-0.05, 0) is 56.7 Å². The lowest BCUT2D eigenvalue weighted by Gasteiger charge is -2.34. The fourth-order valence-electron chi connectivity index (χ4n) is 3.85. The number of aryl methyl sites for hydroxylation is 1. The van der Waals surface area contributed by atoms with Gasteiger partial charge in [0.15, 0.2) is 5.96 Å². The Morgan fingerprint density at radius 2 is 1.90 bits per heavy atom. The van der Waals surface area contributed by atoms with Gasteiger partial charge in [-0.3, -0.25) is 9.79 Å². The summed E-state index contributed by atoms with van der Waals surface area (Å²) in [7, 11) is 1.80. The minimum atomic E-state index is 0. The van der Waals surface area contributed by atoms with Crippen molar-refractivity contribution in [1.82, 2.24) is 15.5 Å². The molecule has 1 fully saturated rings. The Hall–Kier alpha value is -1.51. The van der Waals surface area contributed by atoms with Gasteiger partial charge in [-0.25, -0.2) is 0 Å². The van der Waals surface area contributed by atoms with Crippen LogP contribution in [0.5, 0.6) is 5.75 Å². The molecule has 170 valence electrons. The summed E-state index contributed by atoms with van der Waals surface area (Å²) in [6.07, 6.45) is 3.76. The van der Waals surface area contributed by atoms with Crippen LogP contribution in [0.1, 0.15) is 57.6 Å². The first-order valence-corrected chi connectivity index (χ1v) is 11.0. The van der Waals surface area contributed by atoms with Gasteiger partial charge in [0.25, 0.3) is 0 Å². The fraction of sp³-hybridized carbons (Fsp3) is 0.652. The maximum absolute atomic E-state index is 12.6. The zero-order valence-electron chi connectivity index (χ0n) is 19.2. The highest BCUT2D eigenvalue weighted by molar-refractivity contribution is 14.0. The lowest BCUT2D eigenvalue weighted by atomic mass is 9.98. The van der Waals surface area contributed by atoms with Crippen LogP contribution < -0.4 is 15.4 Å². The molecule has 1 saturated heterocycles. The molecule has 1 aliphatic heterocycles. The standard InChI is InChI=1S/C23H38N4O2.HI/c1-6-19(7-2)22(28)27-13-11-20(12-14-27)26-23(24-5)25-16-18-9-10-21(29-8-3)17(4)15-18;/h9-10,15,19-20H,6-8,11-14,16H2,1-5H3,(H2,24,25,26);1H. The lowest BCUT2D eigenvalue weighted by Crippen LogP contribution is -2.50. The minimum Gasteiger partial charge on any atom is -0.494 e. The molecule has 1 aliphatic rings. The van der Waals surface area contributed by atoms with Crippen LogP contribution in [0.4, 0.5) is 0 Å². The van der Waals surface area contributed by atoms with Crippen LogP contribution >= 0.6 is 24.0 Å². The molecule has 0 aromatic heterocycles. The first-order valence-electron chi connectivity index (χ1n) is 11.0. The quantitative estimate of drug-likeness (QED) is 0.302. The lowest BCUT2D eigenvalue weighted by molar-refractivity contribution is -0.136. The van der Waals surface area contributed by atoms with Crippen LogP contribution in [0.2, 0.25) is 0 Å². The number of guanidine groups is 1. The summed E-state index contributed by atoms with van der Waals surface area (Å²) in [5, 5.41) is 6.91. The van der Waals surface area contributed by atoms with E-state index < -0.39 is 0 Å². The van der Waals surface area contributed by atoms with E-state index in [0.717, 1.165) is 56.0 Å². The molecule has 0 saturated carbocycles. The van der Waals surface area contributed by atoms with Gasteiger partial charge in [-0.1, -0.05) is 26.0 Å². The molecule has 0 aliphatic carbocycles. The number of likely N-dealkylation sites (tertiary alicyclic amines) is 1. The number of amides is 1. The smallest absolute Gasteiger partial charge is 0.225 e. The molecule has 0 atom stereocenters. The van der Waals surface area contributed by atoms with E-state index >= 15 is 0 Å². The van der Waals surface area contributed by atoms with Gasteiger partial charge < -0.3 is 20.3 Å². The molecule has 30 heavy (non-hydrogen) atoms. The third-order valence-corrected chi connectivity index (χ3v) is 5.71. The number of carbonyl (C=O) groups excluding carboxylic acids is 1. The number of nitrogens with one attached hydrogen (secondary N) is 2. The average Bonchev–Trinajstić information content (AvgIpc) is 2.74. The number of halogens is 1. The van der Waals surface area contributed by atoms with E-state index in [1.54, 1.807) is 7.05 Å². The van der Waals surface area contributed by atoms with Gasteiger partial charge in [-0.2, -0.15) is 0 Å². The first kappa shape index (κ1) is 26.5. The highest BCUT2D eigenvalue weighted by Gasteiger charge is 2.26. The second kappa shape index (κ2) is 13.7. The van der Waals surface area contributed by atoms with E-state index in [-0.39, 0.29) is 29.9 Å². The number of piperidine rings is 1. The monoisotopic (exact) mass is 530 g/mol. The van der Waals surface area contributed by atoms with Crippen LogP contribution in [-0.2, 0) is 11.3 Å². The molecule has 1 heterocycles. The van der Waals surface area contributed by atoms with Crippen LogP contribution in [0, 0.1) is 12.8 Å². The summed E-state index contributed by atoms with van der Waals surface area (Å²) >= 11 is 0. The van der Waals surface area contributed by atoms with Gasteiger partial charge in [0.1, 0.15) is 5.75 Å². The van der Waals surface area contributed by atoms with E-state index in [4.69, 9.17) is 4.74 Å². The molecular formula is C23H39IN4O2. The van der Waals surface area contributed by atoms with Crippen LogP contribution in [0.15, 0.2) is 23.2 Å². The van der Waals surface area contributed by atoms with Crippen molar-refractivity contribution < 1.29 is 9.53 Å². The maximum Gasteiger partial charge on any atom is 0.225 e. The number of hydrogen-bond donors (Lipinski definition) is 2. The third kappa shape index (κ3) is 7.63. The van der Waals surface area contributed by atoms with E-state index in [0.29, 0.717) is 25.1 Å². The second-order valence-electron chi connectivity index (χ2n) is 7.72. The molecule has 0 bridgehead atoms.